The summed E-state index contributed by atoms with van der Waals surface area (Å²) >= 11 is 0. The van der Waals surface area contributed by atoms with Crippen molar-refractivity contribution in [2.75, 3.05) is 18.1 Å². The first-order valence-electron chi connectivity index (χ1n) is 10.0. The molecule has 3 aromatic rings. The first kappa shape index (κ1) is 20.1. The molecule has 32 heavy (non-hydrogen) atoms. The molecule has 2 atom stereocenters. The van der Waals surface area contributed by atoms with Gasteiger partial charge in [-0.25, -0.2) is 9.18 Å². The lowest BCUT2D eigenvalue weighted by Crippen LogP contribution is -2.36. The third kappa shape index (κ3) is 3.78. The SMILES string of the molecule is O=C1OC[C@@H](Cn2ccnn2)N1c1ccc(-c2ccc(C3=NO[C@H](CO)C3)nc2)c(F)c1. The molecule has 2 aromatic heterocycles. The number of ether oxygens (including phenoxy) is 1. The van der Waals surface area contributed by atoms with Gasteiger partial charge in [-0.05, 0) is 24.3 Å². The highest BCUT2D eigenvalue weighted by molar-refractivity contribution is 5.99. The van der Waals surface area contributed by atoms with Gasteiger partial charge in [0.15, 0.2) is 6.10 Å². The average Bonchev–Trinajstić information content (AvgIpc) is 3.56. The molecule has 0 aliphatic carbocycles. The van der Waals surface area contributed by atoms with E-state index >= 15 is 4.39 Å². The number of carbonyl (C=O) groups is 1. The Kier molecular flexibility index (Phi) is 5.23. The number of carbonyl (C=O) groups excluding carboxylic acids is 1. The molecule has 1 N–H and O–H groups in total. The Morgan fingerprint density at radius 1 is 1.25 bits per heavy atom. The van der Waals surface area contributed by atoms with Crippen molar-refractivity contribution in [3.05, 3.63) is 60.4 Å². The molecule has 10 nitrogen and oxygen atoms in total. The van der Waals surface area contributed by atoms with Crippen LogP contribution in [0.15, 0.2) is 54.1 Å². The van der Waals surface area contributed by atoms with Crippen LogP contribution in [-0.2, 0) is 16.1 Å². The van der Waals surface area contributed by atoms with Gasteiger partial charge in [-0.3, -0.25) is 14.6 Å². The monoisotopic (exact) mass is 438 g/mol. The lowest BCUT2D eigenvalue weighted by molar-refractivity contribution is 0.0390. The van der Waals surface area contributed by atoms with Crippen molar-refractivity contribution in [3.8, 4) is 11.1 Å². The zero-order valence-corrected chi connectivity index (χ0v) is 16.8. The second-order valence-corrected chi connectivity index (χ2v) is 7.47. The van der Waals surface area contributed by atoms with Crippen LogP contribution in [0.2, 0.25) is 0 Å². The fourth-order valence-corrected chi connectivity index (χ4v) is 3.75. The van der Waals surface area contributed by atoms with Crippen LogP contribution in [0.3, 0.4) is 0 Å². The molecule has 2 aliphatic rings. The van der Waals surface area contributed by atoms with Crippen LogP contribution in [0.5, 0.6) is 0 Å². The number of aliphatic hydroxyl groups is 1. The first-order valence-corrected chi connectivity index (χ1v) is 10.0. The molecule has 2 aliphatic heterocycles. The number of aromatic nitrogens is 4. The van der Waals surface area contributed by atoms with Crippen molar-refractivity contribution in [1.29, 1.82) is 0 Å². The number of oxime groups is 1. The maximum absolute atomic E-state index is 15.0. The number of hydrogen-bond acceptors (Lipinski definition) is 8. The molecule has 0 unspecified atom stereocenters. The summed E-state index contributed by atoms with van der Waals surface area (Å²) in [6, 6.07) is 7.74. The van der Waals surface area contributed by atoms with Gasteiger partial charge < -0.3 is 14.7 Å². The lowest BCUT2D eigenvalue weighted by Gasteiger charge is -2.21. The molecule has 0 saturated carbocycles. The molecule has 0 bridgehead atoms. The number of cyclic esters (lactones) is 1. The number of halogens is 1. The van der Waals surface area contributed by atoms with Crippen LogP contribution in [0, 0.1) is 5.82 Å². The number of amides is 1. The molecule has 4 heterocycles. The van der Waals surface area contributed by atoms with E-state index in [1.807, 2.05) is 0 Å². The standard InChI is InChI=1S/C21H19FN6O4/c22-18-7-14(28-15(12-31-21(28)30)10-27-6-5-24-26-27)2-3-17(18)13-1-4-19(23-9-13)20-8-16(11-29)32-25-20/h1-7,9,15-16,29H,8,10-12H2/t15-,16+/m1/s1. The number of aliphatic hydroxyl groups excluding tert-OH is 1. The summed E-state index contributed by atoms with van der Waals surface area (Å²) in [5.74, 6) is -0.488. The summed E-state index contributed by atoms with van der Waals surface area (Å²) in [5.41, 5.74) is 2.58. The normalized spacial score (nSPS) is 20.2. The Morgan fingerprint density at radius 3 is 2.84 bits per heavy atom. The van der Waals surface area contributed by atoms with Crippen molar-refractivity contribution in [2.24, 2.45) is 5.16 Å². The minimum atomic E-state index is -0.533. The summed E-state index contributed by atoms with van der Waals surface area (Å²) in [6.07, 6.45) is 4.37. The summed E-state index contributed by atoms with van der Waals surface area (Å²) in [5, 5.41) is 20.8. The van der Waals surface area contributed by atoms with Crippen molar-refractivity contribution in [3.63, 3.8) is 0 Å². The van der Waals surface area contributed by atoms with Gasteiger partial charge in [-0.2, -0.15) is 0 Å². The molecular formula is C21H19FN6O4. The highest BCUT2D eigenvalue weighted by Crippen LogP contribution is 2.30. The molecule has 5 rings (SSSR count). The van der Waals surface area contributed by atoms with Gasteiger partial charge in [0, 0.05) is 29.9 Å². The maximum Gasteiger partial charge on any atom is 0.414 e. The lowest BCUT2D eigenvalue weighted by atomic mass is 10.0. The predicted octanol–water partition coefficient (Wildman–Crippen LogP) is 1.99. The fourth-order valence-electron chi connectivity index (χ4n) is 3.75. The van der Waals surface area contributed by atoms with Gasteiger partial charge in [-0.15, -0.1) is 5.10 Å². The summed E-state index contributed by atoms with van der Waals surface area (Å²) < 4.78 is 21.8. The Labute approximate surface area is 181 Å². The van der Waals surface area contributed by atoms with E-state index in [-0.39, 0.29) is 25.4 Å². The van der Waals surface area contributed by atoms with Crippen molar-refractivity contribution in [1.82, 2.24) is 20.0 Å². The van der Waals surface area contributed by atoms with Crippen LogP contribution >= 0.6 is 0 Å². The van der Waals surface area contributed by atoms with E-state index in [0.717, 1.165) is 0 Å². The zero-order chi connectivity index (χ0) is 22.1. The highest BCUT2D eigenvalue weighted by atomic mass is 19.1. The number of rotatable bonds is 6. The average molecular weight is 438 g/mol. The molecule has 0 spiro atoms. The summed E-state index contributed by atoms with van der Waals surface area (Å²) in [6.45, 7) is 0.441. The van der Waals surface area contributed by atoms with Crippen LogP contribution in [0.1, 0.15) is 12.1 Å². The van der Waals surface area contributed by atoms with E-state index < -0.39 is 11.9 Å². The molecule has 1 fully saturated rings. The smallest absolute Gasteiger partial charge is 0.414 e. The highest BCUT2D eigenvalue weighted by Gasteiger charge is 2.35. The van der Waals surface area contributed by atoms with E-state index in [4.69, 9.17) is 14.7 Å². The van der Waals surface area contributed by atoms with Crippen LogP contribution < -0.4 is 4.90 Å². The Bertz CT molecular complexity index is 1150. The first-order chi connectivity index (χ1) is 15.6. The third-order valence-corrected chi connectivity index (χ3v) is 5.37. The molecule has 1 aromatic carbocycles. The van der Waals surface area contributed by atoms with Crippen molar-refractivity contribution < 1.29 is 23.9 Å². The van der Waals surface area contributed by atoms with E-state index in [1.165, 1.54) is 11.0 Å². The van der Waals surface area contributed by atoms with Crippen LogP contribution in [0.25, 0.3) is 11.1 Å². The van der Waals surface area contributed by atoms with Gasteiger partial charge >= 0.3 is 6.09 Å². The predicted molar refractivity (Wildman–Crippen MR) is 110 cm³/mol. The molecular weight excluding hydrogens is 419 g/mol. The van der Waals surface area contributed by atoms with Gasteiger partial charge in [0.1, 0.15) is 18.1 Å². The van der Waals surface area contributed by atoms with Crippen LogP contribution in [0.4, 0.5) is 14.9 Å². The van der Waals surface area contributed by atoms with Crippen molar-refractivity contribution in [2.45, 2.75) is 25.1 Å². The molecule has 164 valence electrons. The molecule has 1 saturated heterocycles. The van der Waals surface area contributed by atoms with E-state index in [1.54, 1.807) is 47.5 Å². The Hall–Kier alpha value is -3.86. The Morgan fingerprint density at radius 2 is 2.16 bits per heavy atom. The molecule has 1 amide bonds. The quantitative estimate of drug-likeness (QED) is 0.626. The summed E-state index contributed by atoms with van der Waals surface area (Å²) in [4.78, 5) is 23.2. The number of anilines is 1. The number of nitrogens with zero attached hydrogens (tertiary/aromatic N) is 6. The minimum Gasteiger partial charge on any atom is -0.447 e. The zero-order valence-electron chi connectivity index (χ0n) is 16.8. The van der Waals surface area contributed by atoms with E-state index in [2.05, 4.69) is 20.5 Å². The van der Waals surface area contributed by atoms with Crippen LogP contribution in [-0.4, -0.2) is 62.2 Å². The summed E-state index contributed by atoms with van der Waals surface area (Å²) in [7, 11) is 0. The van der Waals surface area contributed by atoms with E-state index in [9.17, 15) is 4.79 Å². The van der Waals surface area contributed by atoms with Gasteiger partial charge in [0.2, 0.25) is 0 Å². The largest absolute Gasteiger partial charge is 0.447 e. The topological polar surface area (TPSA) is 115 Å². The minimum absolute atomic E-state index is 0.118. The van der Waals surface area contributed by atoms with Gasteiger partial charge in [-0.1, -0.05) is 16.4 Å². The van der Waals surface area contributed by atoms with Gasteiger partial charge in [0.25, 0.3) is 0 Å². The van der Waals surface area contributed by atoms with Crippen molar-refractivity contribution >= 4 is 17.5 Å². The maximum atomic E-state index is 15.0. The van der Waals surface area contributed by atoms with Gasteiger partial charge in [0.05, 0.1) is 36.8 Å². The number of pyridine rings is 1. The number of benzene rings is 1. The third-order valence-electron chi connectivity index (χ3n) is 5.37. The molecule has 0 radical (unpaired) electrons. The second-order valence-electron chi connectivity index (χ2n) is 7.47. The Balaban J connectivity index is 1.35. The fraction of sp³-hybridized carbons (Fsp3) is 0.286. The second kappa shape index (κ2) is 8.35. The van der Waals surface area contributed by atoms with E-state index in [0.29, 0.717) is 41.2 Å². The number of hydrogen-bond donors (Lipinski definition) is 1. The molecule has 11 heteroatoms.